The number of benzene rings is 1. The highest BCUT2D eigenvalue weighted by atomic mass is 79.9. The smallest absolute Gasteiger partial charge is 0.340 e. The van der Waals surface area contributed by atoms with Crippen molar-refractivity contribution in [3.05, 3.63) is 28.2 Å². The molecule has 2 N–H and O–H groups in total. The second-order valence-electron chi connectivity index (χ2n) is 3.98. The molecule has 3 nitrogen and oxygen atoms in total. The zero-order chi connectivity index (χ0) is 12.8. The van der Waals surface area contributed by atoms with Gasteiger partial charge in [0.05, 0.1) is 17.9 Å². The van der Waals surface area contributed by atoms with Crippen LogP contribution in [0.4, 0.5) is 5.69 Å². The molecule has 94 valence electrons. The number of hydrogen-bond acceptors (Lipinski definition) is 3. The first kappa shape index (κ1) is 14.0. The van der Waals surface area contributed by atoms with Gasteiger partial charge in [-0.1, -0.05) is 32.8 Å². The molecule has 0 spiro atoms. The van der Waals surface area contributed by atoms with Crippen molar-refractivity contribution < 1.29 is 9.53 Å². The van der Waals surface area contributed by atoms with Gasteiger partial charge in [-0.3, -0.25) is 0 Å². The van der Waals surface area contributed by atoms with E-state index in [4.69, 9.17) is 10.5 Å². The first-order chi connectivity index (χ1) is 8.10. The van der Waals surface area contributed by atoms with Crippen LogP contribution in [0.15, 0.2) is 22.7 Å². The number of carbonyl (C=O) groups excluding carboxylic acids is 1. The molecule has 1 aromatic carbocycles. The molecule has 0 aliphatic rings. The molecule has 0 bridgehead atoms. The molecule has 0 fully saturated rings. The number of rotatable bonds is 5. The lowest BCUT2D eigenvalue weighted by atomic mass is 10.1. The highest BCUT2D eigenvalue weighted by Crippen LogP contribution is 2.23. The van der Waals surface area contributed by atoms with E-state index in [1.807, 2.05) is 0 Å². The summed E-state index contributed by atoms with van der Waals surface area (Å²) in [5, 5.41) is 0. The maximum atomic E-state index is 11.8. The molecule has 17 heavy (non-hydrogen) atoms. The van der Waals surface area contributed by atoms with Crippen LogP contribution in [0.1, 0.15) is 37.0 Å². The second kappa shape index (κ2) is 6.64. The average Bonchev–Trinajstić information content (AvgIpc) is 2.33. The summed E-state index contributed by atoms with van der Waals surface area (Å²) in [4.78, 5) is 11.8. The minimum Gasteiger partial charge on any atom is -0.462 e. The topological polar surface area (TPSA) is 52.3 Å². The van der Waals surface area contributed by atoms with Crippen molar-refractivity contribution in [3.63, 3.8) is 0 Å². The summed E-state index contributed by atoms with van der Waals surface area (Å²) < 4.78 is 5.99. The molecule has 0 aliphatic carbocycles. The minimum atomic E-state index is -0.351. The van der Waals surface area contributed by atoms with Crippen molar-refractivity contribution in [3.8, 4) is 0 Å². The van der Waals surface area contributed by atoms with Crippen molar-refractivity contribution in [1.29, 1.82) is 0 Å². The highest BCUT2D eigenvalue weighted by Gasteiger charge is 2.14. The second-order valence-corrected chi connectivity index (χ2v) is 4.84. The number of halogens is 1. The van der Waals surface area contributed by atoms with Crippen LogP contribution in [0.25, 0.3) is 0 Å². The van der Waals surface area contributed by atoms with Crippen LogP contribution in [0.3, 0.4) is 0 Å². The number of hydrogen-bond donors (Lipinski definition) is 1. The third-order valence-electron chi connectivity index (χ3n) is 2.88. The number of nitrogens with two attached hydrogens (primary N) is 1. The maximum Gasteiger partial charge on any atom is 0.340 e. The average molecular weight is 300 g/mol. The molecule has 0 amide bonds. The Morgan fingerprint density at radius 3 is 2.65 bits per heavy atom. The highest BCUT2D eigenvalue weighted by molar-refractivity contribution is 9.10. The fourth-order valence-electron chi connectivity index (χ4n) is 1.51. The molecule has 0 aromatic heterocycles. The lowest BCUT2D eigenvalue weighted by molar-refractivity contribution is 0.0434. The number of para-hydroxylation sites is 1. The van der Waals surface area contributed by atoms with E-state index in [2.05, 4.69) is 29.8 Å². The molecule has 0 unspecified atom stereocenters. The number of anilines is 1. The van der Waals surface area contributed by atoms with Gasteiger partial charge >= 0.3 is 5.97 Å². The third-order valence-corrected chi connectivity index (χ3v) is 3.57. The molecule has 1 rings (SSSR count). The molecule has 0 saturated carbocycles. The molecular weight excluding hydrogens is 282 g/mol. The van der Waals surface area contributed by atoms with E-state index in [1.165, 1.54) is 0 Å². The number of esters is 1. The summed E-state index contributed by atoms with van der Waals surface area (Å²) in [6.07, 6.45) is 2.02. The summed E-state index contributed by atoms with van der Waals surface area (Å²) in [6, 6.07) is 5.25. The fourth-order valence-corrected chi connectivity index (χ4v) is 1.88. The van der Waals surface area contributed by atoms with E-state index < -0.39 is 0 Å². The maximum absolute atomic E-state index is 11.8. The van der Waals surface area contributed by atoms with Gasteiger partial charge in [0.2, 0.25) is 0 Å². The van der Waals surface area contributed by atoms with Gasteiger partial charge in [0.25, 0.3) is 0 Å². The summed E-state index contributed by atoms with van der Waals surface area (Å²) in [7, 11) is 0. The van der Waals surface area contributed by atoms with Crippen molar-refractivity contribution >= 4 is 27.6 Å². The summed E-state index contributed by atoms with van der Waals surface area (Å²) in [5.74, 6) is 0.0722. The van der Waals surface area contributed by atoms with Crippen molar-refractivity contribution in [2.24, 2.45) is 5.92 Å². The number of ether oxygens (including phenoxy) is 1. The van der Waals surface area contributed by atoms with Gasteiger partial charge in [0.1, 0.15) is 0 Å². The van der Waals surface area contributed by atoms with E-state index >= 15 is 0 Å². The predicted octanol–water partition coefficient (Wildman–Crippen LogP) is 3.62. The van der Waals surface area contributed by atoms with E-state index in [-0.39, 0.29) is 5.97 Å². The Labute approximate surface area is 110 Å². The first-order valence-electron chi connectivity index (χ1n) is 5.81. The number of nitrogen functional groups attached to an aromatic ring is 1. The normalized spacial score (nSPS) is 10.6. The minimum absolute atomic E-state index is 0.351. The van der Waals surface area contributed by atoms with Gasteiger partial charge in [0, 0.05) is 4.47 Å². The Morgan fingerprint density at radius 1 is 1.41 bits per heavy atom. The van der Waals surface area contributed by atoms with E-state index in [9.17, 15) is 4.79 Å². The Kier molecular flexibility index (Phi) is 5.48. The van der Waals surface area contributed by atoms with Crippen LogP contribution in [0.5, 0.6) is 0 Å². The van der Waals surface area contributed by atoms with Gasteiger partial charge in [-0.15, -0.1) is 0 Å². The van der Waals surface area contributed by atoms with Crippen LogP contribution in [-0.4, -0.2) is 12.6 Å². The van der Waals surface area contributed by atoms with Crippen LogP contribution in [0, 0.1) is 5.92 Å². The molecule has 4 heteroatoms. The molecule has 0 saturated heterocycles. The largest absolute Gasteiger partial charge is 0.462 e. The Morgan fingerprint density at radius 2 is 2.06 bits per heavy atom. The quantitative estimate of drug-likeness (QED) is 0.667. The number of carbonyl (C=O) groups is 1. The van der Waals surface area contributed by atoms with E-state index in [0.717, 1.165) is 17.3 Å². The van der Waals surface area contributed by atoms with Crippen LogP contribution < -0.4 is 5.73 Å². The van der Waals surface area contributed by atoms with Crippen LogP contribution in [0.2, 0.25) is 0 Å². The van der Waals surface area contributed by atoms with E-state index in [0.29, 0.717) is 23.8 Å². The van der Waals surface area contributed by atoms with E-state index in [1.54, 1.807) is 18.2 Å². The lowest BCUT2D eigenvalue weighted by Crippen LogP contribution is -2.14. The summed E-state index contributed by atoms with van der Waals surface area (Å²) in [6.45, 7) is 4.64. The fraction of sp³-hybridized carbons (Fsp3) is 0.462. The van der Waals surface area contributed by atoms with Crippen LogP contribution >= 0.6 is 15.9 Å². The summed E-state index contributed by atoms with van der Waals surface area (Å²) in [5.41, 5.74) is 6.66. The van der Waals surface area contributed by atoms with Gasteiger partial charge < -0.3 is 10.5 Å². The predicted molar refractivity (Wildman–Crippen MR) is 72.9 cm³/mol. The van der Waals surface area contributed by atoms with Gasteiger partial charge in [-0.05, 0) is 34.0 Å². The lowest BCUT2D eigenvalue weighted by Gasteiger charge is -2.13. The summed E-state index contributed by atoms with van der Waals surface area (Å²) >= 11 is 3.29. The zero-order valence-electron chi connectivity index (χ0n) is 10.2. The van der Waals surface area contributed by atoms with Crippen molar-refractivity contribution in [2.45, 2.75) is 26.7 Å². The standard InChI is InChI=1S/C13H18BrNO2/c1-3-9(4-2)8-17-13(16)10-6-5-7-11(14)12(10)15/h5-7,9H,3-4,8,15H2,1-2H3. The molecular formula is C13H18BrNO2. The Balaban J connectivity index is 2.67. The molecule has 0 aliphatic heterocycles. The molecule has 0 atom stereocenters. The van der Waals surface area contributed by atoms with Crippen molar-refractivity contribution in [2.75, 3.05) is 12.3 Å². The third kappa shape index (κ3) is 3.73. The first-order valence-corrected chi connectivity index (χ1v) is 6.60. The Hall–Kier alpha value is -1.03. The van der Waals surface area contributed by atoms with Gasteiger partial charge in [0.15, 0.2) is 0 Å². The van der Waals surface area contributed by atoms with Crippen LogP contribution in [-0.2, 0) is 4.74 Å². The molecule has 1 aromatic rings. The van der Waals surface area contributed by atoms with Gasteiger partial charge in [-0.2, -0.15) is 0 Å². The Bertz CT molecular complexity index is 389. The molecule has 0 heterocycles. The zero-order valence-corrected chi connectivity index (χ0v) is 11.8. The van der Waals surface area contributed by atoms with Gasteiger partial charge in [-0.25, -0.2) is 4.79 Å². The SMILES string of the molecule is CCC(CC)COC(=O)c1cccc(Br)c1N. The monoisotopic (exact) mass is 299 g/mol. The molecule has 0 radical (unpaired) electrons. The van der Waals surface area contributed by atoms with Crippen molar-refractivity contribution in [1.82, 2.24) is 0 Å².